The highest BCUT2D eigenvalue weighted by Crippen LogP contribution is 2.32. The van der Waals surface area contributed by atoms with E-state index in [0.29, 0.717) is 28.1 Å². The second-order valence-corrected chi connectivity index (χ2v) is 8.72. The summed E-state index contributed by atoms with van der Waals surface area (Å²) >= 11 is 0. The lowest BCUT2D eigenvalue weighted by atomic mass is 9.98. The predicted octanol–water partition coefficient (Wildman–Crippen LogP) is 6.51. The van der Waals surface area contributed by atoms with Crippen LogP contribution in [0.1, 0.15) is 38.8 Å². The fourth-order valence-electron chi connectivity index (χ4n) is 3.90. The Bertz CT molecular complexity index is 1500. The number of alkyl halides is 3. The number of rotatable bonds is 7. The van der Waals surface area contributed by atoms with Gasteiger partial charge in [-0.25, -0.2) is 0 Å². The molecule has 0 aliphatic carbocycles. The standard InChI is InChI=1S/C30H24F3N3O3/c1-19(37)35-24-15-9-20(10-16-24)18-34-28(38)22-5-4-6-25(17-22)36-29(39)27-8-3-2-7-26(27)21-11-13-23(14-12-21)30(31,32)33/h2-17H,18H2,1H3,(H,34,38)(H,35,37)(H,36,39). The van der Waals surface area contributed by atoms with Crippen molar-refractivity contribution in [2.24, 2.45) is 0 Å². The third kappa shape index (κ3) is 7.10. The van der Waals surface area contributed by atoms with Crippen LogP contribution in [-0.4, -0.2) is 17.7 Å². The molecule has 0 spiro atoms. The van der Waals surface area contributed by atoms with Crippen molar-refractivity contribution in [2.75, 3.05) is 10.6 Å². The van der Waals surface area contributed by atoms with Gasteiger partial charge >= 0.3 is 6.18 Å². The average Bonchev–Trinajstić information content (AvgIpc) is 2.92. The van der Waals surface area contributed by atoms with E-state index in [0.717, 1.165) is 17.7 Å². The summed E-state index contributed by atoms with van der Waals surface area (Å²) in [6.07, 6.45) is -4.45. The van der Waals surface area contributed by atoms with Gasteiger partial charge in [0.2, 0.25) is 5.91 Å². The molecule has 0 aromatic heterocycles. The van der Waals surface area contributed by atoms with Crippen LogP contribution in [0.4, 0.5) is 24.5 Å². The van der Waals surface area contributed by atoms with E-state index in [1.165, 1.54) is 25.1 Å². The molecule has 0 saturated heterocycles. The summed E-state index contributed by atoms with van der Waals surface area (Å²) in [5.41, 5.74) is 2.64. The molecule has 0 heterocycles. The highest BCUT2D eigenvalue weighted by Gasteiger charge is 2.30. The molecule has 0 bridgehead atoms. The molecule has 0 aliphatic heterocycles. The molecule has 3 amide bonds. The van der Waals surface area contributed by atoms with Crippen LogP contribution in [-0.2, 0) is 17.5 Å². The summed E-state index contributed by atoms with van der Waals surface area (Å²) in [6.45, 7) is 1.68. The quantitative estimate of drug-likeness (QED) is 0.254. The van der Waals surface area contributed by atoms with Crippen molar-refractivity contribution < 1.29 is 27.6 Å². The van der Waals surface area contributed by atoms with Gasteiger partial charge in [-0.3, -0.25) is 14.4 Å². The van der Waals surface area contributed by atoms with E-state index >= 15 is 0 Å². The summed E-state index contributed by atoms with van der Waals surface area (Å²) in [7, 11) is 0. The van der Waals surface area contributed by atoms with Crippen molar-refractivity contribution in [1.29, 1.82) is 0 Å². The molecule has 0 radical (unpaired) electrons. The first-order valence-corrected chi connectivity index (χ1v) is 11.9. The van der Waals surface area contributed by atoms with Crippen molar-refractivity contribution in [2.45, 2.75) is 19.6 Å². The van der Waals surface area contributed by atoms with Crippen LogP contribution >= 0.6 is 0 Å². The Kier molecular flexibility index (Phi) is 8.10. The van der Waals surface area contributed by atoms with Crippen LogP contribution in [0.3, 0.4) is 0 Å². The van der Waals surface area contributed by atoms with Gasteiger partial charge in [-0.15, -0.1) is 0 Å². The number of anilines is 2. The zero-order chi connectivity index (χ0) is 28.0. The Morgan fingerprint density at radius 2 is 1.41 bits per heavy atom. The van der Waals surface area contributed by atoms with Gasteiger partial charge in [-0.2, -0.15) is 13.2 Å². The molecule has 0 atom stereocenters. The van der Waals surface area contributed by atoms with E-state index < -0.39 is 17.6 Å². The number of carbonyl (C=O) groups is 3. The Balaban J connectivity index is 1.43. The van der Waals surface area contributed by atoms with E-state index in [1.807, 2.05) is 0 Å². The van der Waals surface area contributed by atoms with Crippen LogP contribution in [0.25, 0.3) is 11.1 Å². The third-order valence-corrected chi connectivity index (χ3v) is 5.80. The van der Waals surface area contributed by atoms with E-state index in [1.54, 1.807) is 66.7 Å². The third-order valence-electron chi connectivity index (χ3n) is 5.80. The molecule has 198 valence electrons. The largest absolute Gasteiger partial charge is 0.416 e. The zero-order valence-corrected chi connectivity index (χ0v) is 20.8. The number of halogens is 3. The Morgan fingerprint density at radius 3 is 2.08 bits per heavy atom. The maximum atomic E-state index is 13.1. The maximum Gasteiger partial charge on any atom is 0.416 e. The number of hydrogen-bond donors (Lipinski definition) is 3. The molecule has 0 aliphatic rings. The fraction of sp³-hybridized carbons (Fsp3) is 0.100. The molecule has 0 saturated carbocycles. The van der Waals surface area contributed by atoms with Crippen molar-refractivity contribution in [3.05, 3.63) is 119 Å². The summed E-state index contributed by atoms with van der Waals surface area (Å²) in [4.78, 5) is 37.0. The molecule has 4 rings (SSSR count). The number of amides is 3. The first-order chi connectivity index (χ1) is 18.6. The van der Waals surface area contributed by atoms with Crippen LogP contribution in [0.5, 0.6) is 0 Å². The summed E-state index contributed by atoms with van der Waals surface area (Å²) in [5, 5.41) is 8.25. The van der Waals surface area contributed by atoms with Crippen LogP contribution in [0.2, 0.25) is 0 Å². The van der Waals surface area contributed by atoms with Gasteiger partial charge in [0.1, 0.15) is 0 Å². The molecule has 4 aromatic carbocycles. The first kappa shape index (κ1) is 27.1. The zero-order valence-electron chi connectivity index (χ0n) is 20.8. The molecule has 9 heteroatoms. The first-order valence-electron chi connectivity index (χ1n) is 11.9. The highest BCUT2D eigenvalue weighted by molar-refractivity contribution is 6.09. The number of nitrogens with one attached hydrogen (secondary N) is 3. The lowest BCUT2D eigenvalue weighted by molar-refractivity contribution is -0.137. The molecular weight excluding hydrogens is 507 g/mol. The summed E-state index contributed by atoms with van der Waals surface area (Å²) < 4.78 is 38.8. The minimum Gasteiger partial charge on any atom is -0.348 e. The molecular formula is C30H24F3N3O3. The predicted molar refractivity (Wildman–Crippen MR) is 143 cm³/mol. The van der Waals surface area contributed by atoms with Crippen LogP contribution < -0.4 is 16.0 Å². The van der Waals surface area contributed by atoms with Gasteiger partial charge in [0.05, 0.1) is 5.56 Å². The van der Waals surface area contributed by atoms with E-state index in [9.17, 15) is 27.6 Å². The fourth-order valence-corrected chi connectivity index (χ4v) is 3.90. The topological polar surface area (TPSA) is 87.3 Å². The van der Waals surface area contributed by atoms with Gasteiger partial charge in [0.15, 0.2) is 0 Å². The molecule has 6 nitrogen and oxygen atoms in total. The lowest BCUT2D eigenvalue weighted by Crippen LogP contribution is -2.23. The number of hydrogen-bond acceptors (Lipinski definition) is 3. The Morgan fingerprint density at radius 1 is 0.718 bits per heavy atom. The van der Waals surface area contributed by atoms with Crippen molar-refractivity contribution in [3.63, 3.8) is 0 Å². The van der Waals surface area contributed by atoms with Gasteiger partial charge in [-0.1, -0.05) is 48.5 Å². The van der Waals surface area contributed by atoms with Crippen LogP contribution in [0, 0.1) is 0 Å². The highest BCUT2D eigenvalue weighted by atomic mass is 19.4. The monoisotopic (exact) mass is 531 g/mol. The SMILES string of the molecule is CC(=O)Nc1ccc(CNC(=O)c2cccc(NC(=O)c3ccccc3-c3ccc(C(F)(F)F)cc3)c2)cc1. The molecule has 3 N–H and O–H groups in total. The van der Waals surface area contributed by atoms with Crippen molar-refractivity contribution in [1.82, 2.24) is 5.32 Å². The van der Waals surface area contributed by atoms with Crippen molar-refractivity contribution >= 4 is 29.1 Å². The Labute approximate surface area is 222 Å². The van der Waals surface area contributed by atoms with E-state index in [-0.39, 0.29) is 23.9 Å². The second-order valence-electron chi connectivity index (χ2n) is 8.72. The lowest BCUT2D eigenvalue weighted by Gasteiger charge is -2.13. The molecule has 0 fully saturated rings. The Hall–Kier alpha value is -4.92. The van der Waals surface area contributed by atoms with E-state index in [2.05, 4.69) is 16.0 Å². The minimum absolute atomic E-state index is 0.175. The summed E-state index contributed by atoms with van der Waals surface area (Å²) in [5.74, 6) is -0.990. The minimum atomic E-state index is -4.45. The molecule has 0 unspecified atom stereocenters. The van der Waals surface area contributed by atoms with Gasteiger partial charge in [0.25, 0.3) is 11.8 Å². The normalized spacial score (nSPS) is 11.0. The molecule has 39 heavy (non-hydrogen) atoms. The molecule has 4 aromatic rings. The average molecular weight is 532 g/mol. The van der Waals surface area contributed by atoms with Gasteiger partial charge < -0.3 is 16.0 Å². The smallest absolute Gasteiger partial charge is 0.348 e. The second kappa shape index (κ2) is 11.6. The number of benzene rings is 4. The van der Waals surface area contributed by atoms with Gasteiger partial charge in [-0.05, 0) is 65.2 Å². The van der Waals surface area contributed by atoms with E-state index in [4.69, 9.17) is 0 Å². The maximum absolute atomic E-state index is 13.1. The number of carbonyl (C=O) groups excluding carboxylic acids is 3. The van der Waals surface area contributed by atoms with Gasteiger partial charge in [0, 0.05) is 36.0 Å². The van der Waals surface area contributed by atoms with Crippen molar-refractivity contribution in [3.8, 4) is 11.1 Å². The summed E-state index contributed by atoms with van der Waals surface area (Å²) in [6, 6.07) is 24.7. The van der Waals surface area contributed by atoms with Crippen LogP contribution in [0.15, 0.2) is 97.1 Å².